The number of hydrogen-bond donors (Lipinski definition) is 3. The third kappa shape index (κ3) is 3.17. The lowest BCUT2D eigenvalue weighted by atomic mass is 10.1. The molecule has 2 amide bonds. The first kappa shape index (κ1) is 13.0. The summed E-state index contributed by atoms with van der Waals surface area (Å²) < 4.78 is 12.7. The molecule has 5 nitrogen and oxygen atoms in total. The maximum atomic E-state index is 12.7. The van der Waals surface area contributed by atoms with Crippen LogP contribution in [-0.4, -0.2) is 30.0 Å². The van der Waals surface area contributed by atoms with E-state index in [9.17, 15) is 19.1 Å². The van der Waals surface area contributed by atoms with Gasteiger partial charge in [-0.25, -0.2) is 4.39 Å². The molecule has 6 heteroatoms. The molecule has 17 heavy (non-hydrogen) atoms. The standard InChI is InChI=1S/C11H13FN2O3/c1-6(10(16)13-2)14-11(17)8-4-3-7(12)5-9(8)15/h3-6,15H,1-2H3,(H,13,16)(H,14,17). The molecule has 0 saturated heterocycles. The van der Waals surface area contributed by atoms with E-state index in [1.165, 1.54) is 14.0 Å². The molecule has 92 valence electrons. The lowest BCUT2D eigenvalue weighted by molar-refractivity contribution is -0.122. The summed E-state index contributed by atoms with van der Waals surface area (Å²) in [4.78, 5) is 22.8. The number of phenols is 1. The monoisotopic (exact) mass is 240 g/mol. The number of halogens is 1. The van der Waals surface area contributed by atoms with Gasteiger partial charge in [0.2, 0.25) is 5.91 Å². The molecule has 0 aliphatic rings. The fourth-order valence-corrected chi connectivity index (χ4v) is 1.25. The summed E-state index contributed by atoms with van der Waals surface area (Å²) in [7, 11) is 1.44. The van der Waals surface area contributed by atoms with Gasteiger partial charge in [0.1, 0.15) is 17.6 Å². The average molecular weight is 240 g/mol. The first-order valence-electron chi connectivity index (χ1n) is 4.96. The molecule has 0 aromatic heterocycles. The molecule has 0 saturated carbocycles. The van der Waals surface area contributed by atoms with Gasteiger partial charge >= 0.3 is 0 Å². The van der Waals surface area contributed by atoms with Crippen LogP contribution in [0.3, 0.4) is 0 Å². The summed E-state index contributed by atoms with van der Waals surface area (Å²) in [5.41, 5.74) is -0.0813. The second-order valence-corrected chi connectivity index (χ2v) is 3.47. The first-order chi connectivity index (χ1) is 7.95. The number of phenolic OH excluding ortho intramolecular Hbond substituents is 1. The van der Waals surface area contributed by atoms with Crippen LogP contribution in [0.2, 0.25) is 0 Å². The molecule has 0 radical (unpaired) electrons. The Balaban J connectivity index is 2.80. The zero-order chi connectivity index (χ0) is 13.0. The number of rotatable bonds is 3. The second kappa shape index (κ2) is 5.29. The predicted molar refractivity (Wildman–Crippen MR) is 59.1 cm³/mol. The summed E-state index contributed by atoms with van der Waals surface area (Å²) in [5, 5.41) is 14.1. The largest absolute Gasteiger partial charge is 0.507 e. The van der Waals surface area contributed by atoms with E-state index in [-0.39, 0.29) is 11.5 Å². The van der Waals surface area contributed by atoms with Crippen LogP contribution in [0.4, 0.5) is 4.39 Å². The summed E-state index contributed by atoms with van der Waals surface area (Å²) in [6, 6.07) is 2.30. The minimum Gasteiger partial charge on any atom is -0.507 e. The average Bonchev–Trinajstić information content (AvgIpc) is 2.27. The van der Waals surface area contributed by atoms with Gasteiger partial charge in [0.15, 0.2) is 0 Å². The Morgan fingerprint density at radius 1 is 1.41 bits per heavy atom. The number of carbonyl (C=O) groups excluding carboxylic acids is 2. The van der Waals surface area contributed by atoms with Crippen LogP contribution in [-0.2, 0) is 4.79 Å². The fraction of sp³-hybridized carbons (Fsp3) is 0.273. The van der Waals surface area contributed by atoms with Gasteiger partial charge in [0.25, 0.3) is 5.91 Å². The molecule has 0 bridgehead atoms. The lowest BCUT2D eigenvalue weighted by Gasteiger charge is -2.12. The normalized spacial score (nSPS) is 11.7. The Bertz CT molecular complexity index is 448. The fourth-order valence-electron chi connectivity index (χ4n) is 1.25. The van der Waals surface area contributed by atoms with Gasteiger partial charge in [-0.15, -0.1) is 0 Å². The van der Waals surface area contributed by atoms with Crippen molar-refractivity contribution >= 4 is 11.8 Å². The molecule has 0 fully saturated rings. The Morgan fingerprint density at radius 3 is 2.59 bits per heavy atom. The summed E-state index contributed by atoms with van der Waals surface area (Å²) >= 11 is 0. The quantitative estimate of drug-likeness (QED) is 0.715. The van der Waals surface area contributed by atoms with Gasteiger partial charge in [0, 0.05) is 13.1 Å². The van der Waals surface area contributed by atoms with Gasteiger partial charge < -0.3 is 15.7 Å². The van der Waals surface area contributed by atoms with E-state index in [2.05, 4.69) is 10.6 Å². The summed E-state index contributed by atoms with van der Waals surface area (Å²) in [6.45, 7) is 1.50. The number of nitrogens with one attached hydrogen (secondary N) is 2. The van der Waals surface area contributed by atoms with Crippen molar-refractivity contribution in [2.75, 3.05) is 7.05 Å². The molecule has 3 N–H and O–H groups in total. The molecule has 1 atom stereocenters. The van der Waals surface area contributed by atoms with Crippen LogP contribution in [0.1, 0.15) is 17.3 Å². The van der Waals surface area contributed by atoms with Crippen molar-refractivity contribution in [1.29, 1.82) is 0 Å². The first-order valence-corrected chi connectivity index (χ1v) is 4.96. The SMILES string of the molecule is CNC(=O)C(C)NC(=O)c1ccc(F)cc1O. The smallest absolute Gasteiger partial charge is 0.255 e. The highest BCUT2D eigenvalue weighted by atomic mass is 19.1. The highest BCUT2D eigenvalue weighted by Gasteiger charge is 2.17. The molecule has 1 unspecified atom stereocenters. The Morgan fingerprint density at radius 2 is 2.06 bits per heavy atom. The van der Waals surface area contributed by atoms with E-state index >= 15 is 0 Å². The minimum absolute atomic E-state index is 0.0813. The van der Waals surface area contributed by atoms with Gasteiger partial charge in [-0.1, -0.05) is 0 Å². The van der Waals surface area contributed by atoms with Crippen molar-refractivity contribution in [3.05, 3.63) is 29.6 Å². The van der Waals surface area contributed by atoms with Crippen molar-refractivity contribution in [1.82, 2.24) is 10.6 Å². The zero-order valence-electron chi connectivity index (χ0n) is 9.45. The molecule has 0 spiro atoms. The summed E-state index contributed by atoms with van der Waals surface area (Å²) in [6.07, 6.45) is 0. The minimum atomic E-state index is -0.739. The lowest BCUT2D eigenvalue weighted by Crippen LogP contribution is -2.43. The molecular formula is C11H13FN2O3. The van der Waals surface area contributed by atoms with Crippen molar-refractivity contribution < 1.29 is 19.1 Å². The molecular weight excluding hydrogens is 227 g/mol. The van der Waals surface area contributed by atoms with Gasteiger partial charge in [-0.3, -0.25) is 9.59 Å². The highest BCUT2D eigenvalue weighted by Crippen LogP contribution is 2.17. The van der Waals surface area contributed by atoms with Gasteiger partial charge in [-0.2, -0.15) is 0 Å². The molecule has 0 heterocycles. The van der Waals surface area contributed by atoms with Crippen molar-refractivity contribution in [2.24, 2.45) is 0 Å². The zero-order valence-corrected chi connectivity index (χ0v) is 9.45. The van der Waals surface area contributed by atoms with E-state index in [4.69, 9.17) is 0 Å². The number of likely N-dealkylation sites (N-methyl/N-ethyl adjacent to an activating group) is 1. The van der Waals surface area contributed by atoms with Crippen LogP contribution in [0.5, 0.6) is 5.75 Å². The number of carbonyl (C=O) groups is 2. The van der Waals surface area contributed by atoms with Crippen LogP contribution in [0, 0.1) is 5.82 Å². The number of hydrogen-bond acceptors (Lipinski definition) is 3. The van der Waals surface area contributed by atoms with E-state index in [0.717, 1.165) is 18.2 Å². The van der Waals surface area contributed by atoms with Crippen LogP contribution in [0.25, 0.3) is 0 Å². The number of aromatic hydroxyl groups is 1. The van der Waals surface area contributed by atoms with Crippen molar-refractivity contribution in [2.45, 2.75) is 13.0 Å². The van der Waals surface area contributed by atoms with Gasteiger partial charge in [0.05, 0.1) is 5.56 Å². The molecule has 0 aliphatic heterocycles. The Labute approximate surface area is 97.6 Å². The number of amides is 2. The highest BCUT2D eigenvalue weighted by molar-refractivity contribution is 5.99. The maximum absolute atomic E-state index is 12.7. The topological polar surface area (TPSA) is 78.4 Å². The third-order valence-electron chi connectivity index (χ3n) is 2.19. The van der Waals surface area contributed by atoms with Gasteiger partial charge in [-0.05, 0) is 19.1 Å². The van der Waals surface area contributed by atoms with E-state index in [1.807, 2.05) is 0 Å². The maximum Gasteiger partial charge on any atom is 0.255 e. The molecule has 1 aromatic rings. The van der Waals surface area contributed by atoms with Crippen molar-refractivity contribution in [3.63, 3.8) is 0 Å². The second-order valence-electron chi connectivity index (χ2n) is 3.47. The van der Waals surface area contributed by atoms with Crippen molar-refractivity contribution in [3.8, 4) is 5.75 Å². The molecule has 0 aliphatic carbocycles. The van der Waals surface area contributed by atoms with Crippen LogP contribution >= 0.6 is 0 Å². The van der Waals surface area contributed by atoms with Crippen LogP contribution in [0.15, 0.2) is 18.2 Å². The Kier molecular flexibility index (Phi) is 4.03. The predicted octanol–water partition coefficient (Wildman–Crippen LogP) is 0.396. The van der Waals surface area contributed by atoms with E-state index in [1.54, 1.807) is 0 Å². The third-order valence-corrected chi connectivity index (χ3v) is 2.19. The molecule has 1 rings (SSSR count). The molecule has 1 aromatic carbocycles. The Hall–Kier alpha value is -2.11. The number of benzene rings is 1. The van der Waals surface area contributed by atoms with E-state index < -0.39 is 23.5 Å². The van der Waals surface area contributed by atoms with Crippen LogP contribution < -0.4 is 10.6 Å². The summed E-state index contributed by atoms with van der Waals surface area (Å²) in [5.74, 6) is -2.11. The van der Waals surface area contributed by atoms with E-state index in [0.29, 0.717) is 0 Å².